The zero-order valence-corrected chi connectivity index (χ0v) is 8.99. The molecule has 1 aromatic carbocycles. The van der Waals surface area contributed by atoms with Crippen molar-refractivity contribution in [1.29, 1.82) is 0 Å². The Hall–Kier alpha value is -1.88. The fourth-order valence-corrected chi connectivity index (χ4v) is 1.45. The molecule has 0 fully saturated rings. The van der Waals surface area contributed by atoms with Crippen molar-refractivity contribution >= 4 is 0 Å². The van der Waals surface area contributed by atoms with Crippen LogP contribution in [0.3, 0.4) is 0 Å². The third-order valence-corrected chi connectivity index (χ3v) is 2.38. The number of nitrogens with two attached hydrogens (primary N) is 1. The molecule has 90 valence electrons. The SMILES string of the molecule is NC1NC=CC=C1OCc1c(F)cccc1F. The molecule has 2 rings (SSSR count). The van der Waals surface area contributed by atoms with E-state index in [1.54, 1.807) is 18.4 Å². The second-order valence-corrected chi connectivity index (χ2v) is 3.56. The molecule has 0 saturated carbocycles. The molecule has 1 heterocycles. The van der Waals surface area contributed by atoms with Crippen LogP contribution in [-0.2, 0) is 11.3 Å². The lowest BCUT2D eigenvalue weighted by Gasteiger charge is -2.19. The normalized spacial score (nSPS) is 18.5. The average Bonchev–Trinajstić information content (AvgIpc) is 2.30. The highest BCUT2D eigenvalue weighted by Crippen LogP contribution is 2.16. The van der Waals surface area contributed by atoms with Gasteiger partial charge in [0.1, 0.15) is 30.2 Å². The maximum Gasteiger partial charge on any atom is 0.133 e. The molecule has 1 atom stereocenters. The monoisotopic (exact) mass is 238 g/mol. The zero-order valence-electron chi connectivity index (χ0n) is 8.99. The molecular formula is C12H12F2N2O. The molecule has 0 aromatic heterocycles. The van der Waals surface area contributed by atoms with Crippen LogP contribution in [0, 0.1) is 11.6 Å². The Morgan fingerprint density at radius 1 is 1.29 bits per heavy atom. The summed E-state index contributed by atoms with van der Waals surface area (Å²) in [6.45, 7) is -0.187. The largest absolute Gasteiger partial charge is 0.489 e. The number of nitrogens with one attached hydrogen (secondary N) is 1. The molecule has 3 nitrogen and oxygen atoms in total. The van der Waals surface area contributed by atoms with Gasteiger partial charge in [0.05, 0.1) is 5.56 Å². The first-order valence-corrected chi connectivity index (χ1v) is 5.12. The van der Waals surface area contributed by atoms with Gasteiger partial charge in [-0.2, -0.15) is 0 Å². The first kappa shape index (κ1) is 11.6. The molecule has 0 radical (unpaired) electrons. The Kier molecular flexibility index (Phi) is 3.39. The van der Waals surface area contributed by atoms with E-state index in [-0.39, 0.29) is 12.2 Å². The van der Waals surface area contributed by atoms with Gasteiger partial charge in [0.2, 0.25) is 0 Å². The Morgan fingerprint density at radius 2 is 2.00 bits per heavy atom. The van der Waals surface area contributed by atoms with E-state index in [9.17, 15) is 8.78 Å². The predicted molar refractivity (Wildman–Crippen MR) is 59.5 cm³/mol. The molecule has 0 saturated heterocycles. The smallest absolute Gasteiger partial charge is 0.133 e. The summed E-state index contributed by atoms with van der Waals surface area (Å²) in [5.41, 5.74) is 5.57. The van der Waals surface area contributed by atoms with Gasteiger partial charge in [-0.3, -0.25) is 0 Å². The molecule has 1 aliphatic heterocycles. The van der Waals surface area contributed by atoms with E-state index >= 15 is 0 Å². The van der Waals surface area contributed by atoms with Gasteiger partial charge in [-0.15, -0.1) is 0 Å². The number of allylic oxidation sites excluding steroid dienone is 2. The number of hydrogen-bond donors (Lipinski definition) is 2. The molecule has 0 spiro atoms. The van der Waals surface area contributed by atoms with Crippen LogP contribution in [-0.4, -0.2) is 6.17 Å². The summed E-state index contributed by atoms with van der Waals surface area (Å²) < 4.78 is 31.9. The summed E-state index contributed by atoms with van der Waals surface area (Å²) in [6, 6.07) is 3.69. The summed E-state index contributed by atoms with van der Waals surface area (Å²) in [7, 11) is 0. The van der Waals surface area contributed by atoms with Crippen molar-refractivity contribution < 1.29 is 13.5 Å². The third-order valence-electron chi connectivity index (χ3n) is 2.38. The molecule has 1 aliphatic rings. The molecule has 1 aromatic rings. The number of benzene rings is 1. The lowest BCUT2D eigenvalue weighted by molar-refractivity contribution is 0.169. The summed E-state index contributed by atoms with van der Waals surface area (Å²) in [5.74, 6) is -0.813. The lowest BCUT2D eigenvalue weighted by Crippen LogP contribution is -2.37. The number of rotatable bonds is 3. The number of halogens is 2. The fraction of sp³-hybridized carbons (Fsp3) is 0.167. The first-order valence-electron chi connectivity index (χ1n) is 5.12. The van der Waals surface area contributed by atoms with Crippen molar-refractivity contribution in [2.45, 2.75) is 12.8 Å². The zero-order chi connectivity index (χ0) is 12.3. The standard InChI is InChI=1S/C12H12F2N2O/c13-9-3-1-4-10(14)8(9)7-17-11-5-2-6-16-12(11)15/h1-6,12,16H,7,15H2. The van der Waals surface area contributed by atoms with Crippen molar-refractivity contribution in [1.82, 2.24) is 5.32 Å². The highest BCUT2D eigenvalue weighted by Gasteiger charge is 2.14. The highest BCUT2D eigenvalue weighted by atomic mass is 19.1. The quantitative estimate of drug-likeness (QED) is 0.843. The molecule has 5 heteroatoms. The van der Waals surface area contributed by atoms with E-state index in [1.165, 1.54) is 18.2 Å². The number of hydrogen-bond acceptors (Lipinski definition) is 3. The Bertz CT molecular complexity index is 451. The van der Waals surface area contributed by atoms with E-state index in [1.807, 2.05) is 0 Å². The average molecular weight is 238 g/mol. The van der Waals surface area contributed by atoms with Gasteiger partial charge < -0.3 is 15.8 Å². The maximum atomic E-state index is 13.3. The van der Waals surface area contributed by atoms with Crippen molar-refractivity contribution in [3.63, 3.8) is 0 Å². The van der Waals surface area contributed by atoms with Gasteiger partial charge >= 0.3 is 0 Å². The van der Waals surface area contributed by atoms with Crippen molar-refractivity contribution in [2.24, 2.45) is 5.73 Å². The van der Waals surface area contributed by atoms with E-state index in [2.05, 4.69) is 5.32 Å². The van der Waals surface area contributed by atoms with Gasteiger partial charge in [-0.1, -0.05) is 6.07 Å². The number of dihydropyridines is 1. The predicted octanol–water partition coefficient (Wildman–Crippen LogP) is 1.77. The minimum Gasteiger partial charge on any atom is -0.489 e. The van der Waals surface area contributed by atoms with Gasteiger partial charge in [0.15, 0.2) is 0 Å². The molecular weight excluding hydrogens is 226 g/mol. The van der Waals surface area contributed by atoms with Crippen LogP contribution in [0.15, 0.2) is 42.3 Å². The van der Waals surface area contributed by atoms with E-state index in [0.717, 1.165) is 0 Å². The van der Waals surface area contributed by atoms with Crippen LogP contribution in [0.5, 0.6) is 0 Å². The molecule has 0 aliphatic carbocycles. The lowest BCUT2D eigenvalue weighted by atomic mass is 10.2. The van der Waals surface area contributed by atoms with Crippen molar-refractivity contribution in [3.05, 3.63) is 59.5 Å². The second kappa shape index (κ2) is 4.97. The summed E-state index contributed by atoms with van der Waals surface area (Å²) in [4.78, 5) is 0. The summed E-state index contributed by atoms with van der Waals surface area (Å²) in [6.07, 6.45) is 4.53. The van der Waals surface area contributed by atoms with Crippen molar-refractivity contribution in [3.8, 4) is 0 Å². The fourth-order valence-electron chi connectivity index (χ4n) is 1.45. The second-order valence-electron chi connectivity index (χ2n) is 3.56. The van der Waals surface area contributed by atoms with Gasteiger partial charge in [0.25, 0.3) is 0 Å². The summed E-state index contributed by atoms with van der Waals surface area (Å²) in [5, 5.41) is 2.81. The van der Waals surface area contributed by atoms with Crippen LogP contribution in [0.25, 0.3) is 0 Å². The molecule has 0 amide bonds. The maximum absolute atomic E-state index is 13.3. The molecule has 0 bridgehead atoms. The molecule has 1 unspecified atom stereocenters. The Labute approximate surface area is 97.6 Å². The van der Waals surface area contributed by atoms with E-state index < -0.39 is 17.8 Å². The Balaban J connectivity index is 2.07. The topological polar surface area (TPSA) is 47.3 Å². The first-order chi connectivity index (χ1) is 8.18. The van der Waals surface area contributed by atoms with Gasteiger partial charge in [-0.05, 0) is 30.5 Å². The van der Waals surface area contributed by atoms with Crippen LogP contribution >= 0.6 is 0 Å². The molecule has 17 heavy (non-hydrogen) atoms. The Morgan fingerprint density at radius 3 is 2.65 bits per heavy atom. The number of ether oxygens (including phenoxy) is 1. The van der Waals surface area contributed by atoms with E-state index in [4.69, 9.17) is 10.5 Å². The van der Waals surface area contributed by atoms with Crippen molar-refractivity contribution in [2.75, 3.05) is 0 Å². The van der Waals surface area contributed by atoms with Gasteiger partial charge in [0, 0.05) is 0 Å². The summed E-state index contributed by atoms with van der Waals surface area (Å²) >= 11 is 0. The minimum atomic E-state index is -0.626. The van der Waals surface area contributed by atoms with Crippen LogP contribution in [0.4, 0.5) is 8.78 Å². The third kappa shape index (κ3) is 2.62. The van der Waals surface area contributed by atoms with Crippen LogP contribution in [0.2, 0.25) is 0 Å². The van der Waals surface area contributed by atoms with Crippen LogP contribution < -0.4 is 11.1 Å². The van der Waals surface area contributed by atoms with Crippen LogP contribution in [0.1, 0.15) is 5.56 Å². The van der Waals surface area contributed by atoms with E-state index in [0.29, 0.717) is 5.76 Å². The highest BCUT2D eigenvalue weighted by molar-refractivity contribution is 5.21. The minimum absolute atomic E-state index is 0.102. The van der Waals surface area contributed by atoms with Gasteiger partial charge in [-0.25, -0.2) is 8.78 Å². The molecule has 3 N–H and O–H groups in total.